The topological polar surface area (TPSA) is 15.3 Å². The summed E-state index contributed by atoms with van der Waals surface area (Å²) in [6.07, 6.45) is 3.93. The lowest BCUT2D eigenvalue weighted by atomic mass is 10.1. The second-order valence-corrected chi connectivity index (χ2v) is 6.87. The summed E-state index contributed by atoms with van der Waals surface area (Å²) in [4.78, 5) is 2.50. The number of halogens is 3. The van der Waals surface area contributed by atoms with Crippen LogP contribution in [0.1, 0.15) is 24.8 Å². The van der Waals surface area contributed by atoms with Crippen LogP contribution in [0.5, 0.6) is 0 Å². The van der Waals surface area contributed by atoms with Crippen molar-refractivity contribution in [1.29, 1.82) is 0 Å². The van der Waals surface area contributed by atoms with Gasteiger partial charge in [-0.05, 0) is 30.2 Å². The summed E-state index contributed by atoms with van der Waals surface area (Å²) in [7, 11) is 0. The normalized spacial score (nSPS) is 27.9. The quantitative estimate of drug-likeness (QED) is 0.889. The van der Waals surface area contributed by atoms with Gasteiger partial charge >= 0.3 is 0 Å². The van der Waals surface area contributed by atoms with Crippen LogP contribution in [-0.2, 0) is 6.54 Å². The summed E-state index contributed by atoms with van der Waals surface area (Å²) in [5.41, 5.74) is 1.18. The Morgan fingerprint density at radius 1 is 1.28 bits per heavy atom. The number of nitrogens with one attached hydrogen (secondary N) is 1. The minimum atomic E-state index is 0. The van der Waals surface area contributed by atoms with Crippen molar-refractivity contribution in [1.82, 2.24) is 10.2 Å². The highest BCUT2D eigenvalue weighted by atomic mass is 35.5. The minimum absolute atomic E-state index is 0. The lowest BCUT2D eigenvalue weighted by molar-refractivity contribution is 0.251. The molecule has 0 saturated carbocycles. The van der Waals surface area contributed by atoms with Crippen molar-refractivity contribution in [2.45, 2.75) is 37.9 Å². The Hall–Kier alpha value is 0.490. The molecule has 6 heteroatoms. The highest BCUT2D eigenvalue weighted by Gasteiger charge is 2.29. The van der Waals surface area contributed by atoms with Crippen molar-refractivity contribution in [3.8, 4) is 0 Å². The Morgan fingerprint density at radius 2 is 2.06 bits per heavy atom. The number of thiophene rings is 1. The zero-order valence-corrected chi connectivity index (χ0v) is 13.1. The number of nitrogens with zero attached hydrogens (tertiary/aromatic N) is 1. The molecule has 0 amide bonds. The smallest absolute Gasteiger partial charge is 0.112 e. The molecular weight excluding hydrogens is 311 g/mol. The average molecular weight is 328 g/mol. The highest BCUT2D eigenvalue weighted by Crippen LogP contribution is 2.33. The third-order valence-electron chi connectivity index (χ3n) is 3.76. The molecule has 2 bridgehead atoms. The molecule has 1 aromatic heterocycles. The standard InChI is InChI=1S/C12H16Cl2N2S.ClH/c13-11-8(7-17-12(11)14)5-16-4-3-9-1-2-10(6-16)15-9;/h7,9-10,15H,1-6H2;1H. The van der Waals surface area contributed by atoms with Gasteiger partial charge < -0.3 is 5.32 Å². The Kier molecular flexibility index (Phi) is 5.21. The second-order valence-electron chi connectivity index (χ2n) is 5.01. The molecule has 18 heavy (non-hydrogen) atoms. The van der Waals surface area contributed by atoms with Gasteiger partial charge in [-0.25, -0.2) is 0 Å². The third kappa shape index (κ3) is 3.14. The van der Waals surface area contributed by atoms with E-state index in [-0.39, 0.29) is 12.4 Å². The molecule has 2 atom stereocenters. The monoisotopic (exact) mass is 326 g/mol. The van der Waals surface area contributed by atoms with Gasteiger partial charge in [-0.15, -0.1) is 23.7 Å². The molecule has 102 valence electrons. The van der Waals surface area contributed by atoms with Gasteiger partial charge in [0.2, 0.25) is 0 Å². The van der Waals surface area contributed by atoms with E-state index in [1.165, 1.54) is 36.2 Å². The molecule has 2 nitrogen and oxygen atoms in total. The molecule has 1 N–H and O–H groups in total. The summed E-state index contributed by atoms with van der Waals surface area (Å²) >= 11 is 13.7. The molecular formula is C12H17Cl3N2S. The average Bonchev–Trinajstić information content (AvgIpc) is 2.79. The zero-order chi connectivity index (χ0) is 11.8. The van der Waals surface area contributed by atoms with Gasteiger partial charge in [0, 0.05) is 31.7 Å². The fourth-order valence-corrected chi connectivity index (χ4v) is 4.10. The first-order valence-electron chi connectivity index (χ1n) is 6.12. The molecule has 0 aliphatic carbocycles. The van der Waals surface area contributed by atoms with Gasteiger partial charge in [-0.1, -0.05) is 23.2 Å². The second kappa shape index (κ2) is 6.29. The maximum atomic E-state index is 6.18. The van der Waals surface area contributed by atoms with Gasteiger partial charge in [0.1, 0.15) is 4.34 Å². The molecule has 0 spiro atoms. The molecule has 2 saturated heterocycles. The van der Waals surface area contributed by atoms with E-state index in [2.05, 4.69) is 15.6 Å². The van der Waals surface area contributed by atoms with Crippen LogP contribution in [0, 0.1) is 0 Å². The predicted octanol–water partition coefficient (Wildman–Crippen LogP) is 3.80. The van der Waals surface area contributed by atoms with Crippen LogP contribution in [-0.4, -0.2) is 30.1 Å². The molecule has 2 unspecified atom stereocenters. The van der Waals surface area contributed by atoms with E-state index < -0.39 is 0 Å². The maximum absolute atomic E-state index is 6.18. The van der Waals surface area contributed by atoms with Crippen LogP contribution >= 0.6 is 46.9 Å². The number of rotatable bonds is 2. The zero-order valence-electron chi connectivity index (χ0n) is 9.99. The van der Waals surface area contributed by atoms with E-state index in [9.17, 15) is 0 Å². The third-order valence-corrected chi connectivity index (χ3v) is 5.67. The minimum Gasteiger partial charge on any atom is -0.310 e. The molecule has 3 rings (SSSR count). The SMILES string of the molecule is Cl.Clc1scc(CN2CCC3CCC(C2)N3)c1Cl. The Balaban J connectivity index is 0.00000120. The van der Waals surface area contributed by atoms with E-state index in [4.69, 9.17) is 23.2 Å². The fraction of sp³-hybridized carbons (Fsp3) is 0.667. The predicted molar refractivity (Wildman–Crippen MR) is 81.4 cm³/mol. The van der Waals surface area contributed by atoms with Crippen LogP contribution in [0.15, 0.2) is 5.38 Å². The Morgan fingerprint density at radius 3 is 2.78 bits per heavy atom. The highest BCUT2D eigenvalue weighted by molar-refractivity contribution is 7.15. The first-order chi connectivity index (χ1) is 8.22. The summed E-state index contributed by atoms with van der Waals surface area (Å²) in [5.74, 6) is 0. The lowest BCUT2D eigenvalue weighted by Crippen LogP contribution is -2.34. The van der Waals surface area contributed by atoms with E-state index >= 15 is 0 Å². The Bertz CT molecular complexity index is 410. The van der Waals surface area contributed by atoms with Gasteiger partial charge in [-0.3, -0.25) is 4.90 Å². The van der Waals surface area contributed by atoms with Gasteiger partial charge in [0.15, 0.2) is 0 Å². The van der Waals surface area contributed by atoms with Gasteiger partial charge in [0.05, 0.1) is 5.02 Å². The van der Waals surface area contributed by atoms with Crippen LogP contribution in [0.4, 0.5) is 0 Å². The van der Waals surface area contributed by atoms with Crippen LogP contribution in [0.2, 0.25) is 9.36 Å². The molecule has 0 aromatic carbocycles. The van der Waals surface area contributed by atoms with Crippen molar-refractivity contribution in [3.63, 3.8) is 0 Å². The fourth-order valence-electron chi connectivity index (χ4n) is 2.86. The van der Waals surface area contributed by atoms with Crippen molar-refractivity contribution in [2.24, 2.45) is 0 Å². The summed E-state index contributed by atoms with van der Waals surface area (Å²) in [5, 5.41) is 6.52. The number of hydrogen-bond donors (Lipinski definition) is 1. The van der Waals surface area contributed by atoms with E-state index in [1.54, 1.807) is 0 Å². The lowest BCUT2D eigenvalue weighted by Gasteiger charge is -2.23. The molecule has 3 heterocycles. The molecule has 1 aromatic rings. The summed E-state index contributed by atoms with van der Waals surface area (Å²) in [6.45, 7) is 3.24. The maximum Gasteiger partial charge on any atom is 0.112 e. The van der Waals surface area contributed by atoms with Crippen molar-refractivity contribution in [3.05, 3.63) is 20.3 Å². The van der Waals surface area contributed by atoms with Crippen molar-refractivity contribution in [2.75, 3.05) is 13.1 Å². The summed E-state index contributed by atoms with van der Waals surface area (Å²) in [6, 6.07) is 1.42. The Labute approximate surface area is 128 Å². The largest absolute Gasteiger partial charge is 0.310 e. The first kappa shape index (κ1) is 14.9. The van der Waals surface area contributed by atoms with Gasteiger partial charge in [-0.2, -0.15) is 0 Å². The molecule has 2 aliphatic rings. The first-order valence-corrected chi connectivity index (χ1v) is 7.75. The molecule has 2 aliphatic heterocycles. The van der Waals surface area contributed by atoms with E-state index in [0.717, 1.165) is 35.0 Å². The number of likely N-dealkylation sites (tertiary alicyclic amines) is 1. The van der Waals surface area contributed by atoms with E-state index in [1.807, 2.05) is 0 Å². The summed E-state index contributed by atoms with van der Waals surface area (Å²) < 4.78 is 0.719. The van der Waals surface area contributed by atoms with Crippen molar-refractivity contribution < 1.29 is 0 Å². The molecule has 0 radical (unpaired) electrons. The number of fused-ring (bicyclic) bond motifs is 2. The van der Waals surface area contributed by atoms with E-state index in [0.29, 0.717) is 6.04 Å². The molecule has 2 fully saturated rings. The van der Waals surface area contributed by atoms with Crippen LogP contribution in [0.25, 0.3) is 0 Å². The van der Waals surface area contributed by atoms with Crippen LogP contribution in [0.3, 0.4) is 0 Å². The van der Waals surface area contributed by atoms with Crippen molar-refractivity contribution >= 4 is 46.9 Å². The number of hydrogen-bond acceptors (Lipinski definition) is 3. The van der Waals surface area contributed by atoms with Gasteiger partial charge in [0.25, 0.3) is 0 Å². The van der Waals surface area contributed by atoms with Crippen LogP contribution < -0.4 is 5.32 Å².